The lowest BCUT2D eigenvalue weighted by molar-refractivity contribution is 0.0913. The summed E-state index contributed by atoms with van der Waals surface area (Å²) in [7, 11) is 0. The fourth-order valence-corrected chi connectivity index (χ4v) is 0.747. The number of hydrogen-bond acceptors (Lipinski definition) is 1. The molecule has 0 aromatic rings. The van der Waals surface area contributed by atoms with E-state index in [1.54, 1.807) is 6.08 Å². The molecule has 0 aliphatic heterocycles. The van der Waals surface area contributed by atoms with Crippen LogP contribution in [0.1, 0.15) is 20.8 Å². The molecule has 54 valence electrons. The zero-order chi connectivity index (χ0) is 7.44. The van der Waals surface area contributed by atoms with Crippen LogP contribution in [0.2, 0.25) is 0 Å². The molecule has 0 fully saturated rings. The molecule has 1 nitrogen and oxygen atoms in total. The van der Waals surface area contributed by atoms with Gasteiger partial charge in [0.15, 0.2) is 0 Å². The normalized spacial score (nSPS) is 17.4. The van der Waals surface area contributed by atoms with Crippen LogP contribution in [0.3, 0.4) is 0 Å². The molecule has 9 heavy (non-hydrogen) atoms. The van der Waals surface area contributed by atoms with Gasteiger partial charge in [-0.1, -0.05) is 26.8 Å². The highest BCUT2D eigenvalue weighted by atomic mass is 16.3. The molecule has 0 bridgehead atoms. The summed E-state index contributed by atoms with van der Waals surface area (Å²) in [5, 5.41) is 9.32. The summed E-state index contributed by atoms with van der Waals surface area (Å²) in [5.41, 5.74) is 0. The maximum Gasteiger partial charge on any atom is 0.0622 e. The van der Waals surface area contributed by atoms with E-state index in [-0.39, 0.29) is 12.0 Å². The van der Waals surface area contributed by atoms with Crippen LogP contribution in [0.4, 0.5) is 0 Å². The van der Waals surface area contributed by atoms with Gasteiger partial charge in [0.2, 0.25) is 0 Å². The monoisotopic (exact) mass is 128 g/mol. The van der Waals surface area contributed by atoms with Gasteiger partial charge in [-0.05, 0) is 11.8 Å². The lowest BCUT2D eigenvalue weighted by Gasteiger charge is -2.18. The highest BCUT2D eigenvalue weighted by Gasteiger charge is 2.13. The molecule has 0 aliphatic carbocycles. The number of rotatable bonds is 3. The summed E-state index contributed by atoms with van der Waals surface area (Å²) in [5.74, 6) is 0.544. The molecule has 0 rings (SSSR count). The minimum atomic E-state index is -0.234. The molecular formula is C8H16O. The van der Waals surface area contributed by atoms with E-state index in [1.807, 2.05) is 20.8 Å². The van der Waals surface area contributed by atoms with E-state index in [9.17, 15) is 5.11 Å². The van der Waals surface area contributed by atoms with E-state index in [0.29, 0.717) is 5.92 Å². The first-order valence-electron chi connectivity index (χ1n) is 3.40. The van der Waals surface area contributed by atoms with Crippen molar-refractivity contribution in [3.63, 3.8) is 0 Å². The van der Waals surface area contributed by atoms with Crippen molar-refractivity contribution >= 4 is 0 Å². The molecule has 0 unspecified atom stereocenters. The molecule has 0 amide bonds. The molecule has 0 aliphatic rings. The number of aliphatic hydroxyl groups excluding tert-OH is 1. The van der Waals surface area contributed by atoms with Crippen LogP contribution in [-0.4, -0.2) is 11.2 Å². The van der Waals surface area contributed by atoms with Gasteiger partial charge in [-0.15, -0.1) is 6.58 Å². The molecule has 0 saturated carbocycles. The molecule has 0 saturated heterocycles. The molecule has 2 atom stereocenters. The van der Waals surface area contributed by atoms with E-state index in [2.05, 4.69) is 6.58 Å². The van der Waals surface area contributed by atoms with Crippen LogP contribution >= 0.6 is 0 Å². The van der Waals surface area contributed by atoms with Crippen molar-refractivity contribution < 1.29 is 5.11 Å². The van der Waals surface area contributed by atoms with Gasteiger partial charge < -0.3 is 5.11 Å². The standard InChI is InChI=1S/C8H16O/c1-5-7(4)8(9)6(2)3/h5-9H,1H2,2-4H3/t7-,8+/m1/s1. The molecule has 0 spiro atoms. The first-order chi connectivity index (χ1) is 4.09. The quantitative estimate of drug-likeness (QED) is 0.575. The van der Waals surface area contributed by atoms with Crippen molar-refractivity contribution in [3.05, 3.63) is 12.7 Å². The Bertz CT molecular complexity index is 86.6. The summed E-state index contributed by atoms with van der Waals surface area (Å²) < 4.78 is 0. The average molecular weight is 128 g/mol. The van der Waals surface area contributed by atoms with Gasteiger partial charge in [-0.25, -0.2) is 0 Å². The summed E-state index contributed by atoms with van der Waals surface area (Å²) in [6.45, 7) is 9.58. The van der Waals surface area contributed by atoms with Crippen LogP contribution in [-0.2, 0) is 0 Å². The second-order valence-corrected chi connectivity index (χ2v) is 2.83. The van der Waals surface area contributed by atoms with Gasteiger partial charge in [0.1, 0.15) is 0 Å². The second-order valence-electron chi connectivity index (χ2n) is 2.83. The molecular weight excluding hydrogens is 112 g/mol. The van der Waals surface area contributed by atoms with Crippen LogP contribution in [0.15, 0.2) is 12.7 Å². The van der Waals surface area contributed by atoms with Gasteiger partial charge in [0, 0.05) is 0 Å². The highest BCUT2D eigenvalue weighted by Crippen LogP contribution is 2.12. The van der Waals surface area contributed by atoms with Crippen molar-refractivity contribution in [1.82, 2.24) is 0 Å². The van der Waals surface area contributed by atoms with Gasteiger partial charge in [0.05, 0.1) is 6.10 Å². The molecule has 0 aromatic heterocycles. The van der Waals surface area contributed by atoms with Crippen molar-refractivity contribution in [1.29, 1.82) is 0 Å². The zero-order valence-electron chi connectivity index (χ0n) is 6.46. The van der Waals surface area contributed by atoms with E-state index < -0.39 is 0 Å². The van der Waals surface area contributed by atoms with Crippen LogP contribution in [0, 0.1) is 11.8 Å². The fraction of sp³-hybridized carbons (Fsp3) is 0.750. The first kappa shape index (κ1) is 8.70. The third-order valence-corrected chi connectivity index (χ3v) is 1.59. The topological polar surface area (TPSA) is 20.2 Å². The predicted molar refractivity (Wildman–Crippen MR) is 40.2 cm³/mol. The van der Waals surface area contributed by atoms with Crippen molar-refractivity contribution in [2.45, 2.75) is 26.9 Å². The summed E-state index contributed by atoms with van der Waals surface area (Å²) in [6, 6.07) is 0. The molecule has 1 heteroatoms. The SMILES string of the molecule is C=C[C@@H](C)[C@@H](O)C(C)C. The maximum atomic E-state index is 9.32. The van der Waals surface area contributed by atoms with Crippen LogP contribution in [0.25, 0.3) is 0 Å². The Morgan fingerprint density at radius 2 is 1.78 bits per heavy atom. The van der Waals surface area contributed by atoms with Gasteiger partial charge >= 0.3 is 0 Å². The Kier molecular flexibility index (Phi) is 3.55. The Morgan fingerprint density at radius 3 is 1.89 bits per heavy atom. The molecule has 0 heterocycles. The Labute approximate surface area is 57.4 Å². The zero-order valence-corrected chi connectivity index (χ0v) is 6.46. The Balaban J connectivity index is 3.71. The van der Waals surface area contributed by atoms with Gasteiger partial charge in [0.25, 0.3) is 0 Å². The Hall–Kier alpha value is -0.300. The molecule has 1 N–H and O–H groups in total. The van der Waals surface area contributed by atoms with Crippen LogP contribution in [0.5, 0.6) is 0 Å². The third-order valence-electron chi connectivity index (χ3n) is 1.59. The minimum Gasteiger partial charge on any atom is -0.392 e. The second kappa shape index (κ2) is 3.67. The van der Waals surface area contributed by atoms with Crippen molar-refractivity contribution in [2.75, 3.05) is 0 Å². The number of hydrogen-bond donors (Lipinski definition) is 1. The molecule has 0 aromatic carbocycles. The fourth-order valence-electron chi connectivity index (χ4n) is 0.747. The smallest absolute Gasteiger partial charge is 0.0622 e. The number of aliphatic hydroxyl groups is 1. The minimum absolute atomic E-state index is 0.213. The lowest BCUT2D eigenvalue weighted by Crippen LogP contribution is -2.21. The predicted octanol–water partition coefficient (Wildman–Crippen LogP) is 1.83. The summed E-state index contributed by atoms with van der Waals surface area (Å²) in [6.07, 6.45) is 1.55. The van der Waals surface area contributed by atoms with Crippen molar-refractivity contribution in [2.24, 2.45) is 11.8 Å². The average Bonchev–Trinajstić information content (AvgIpc) is 1.84. The summed E-state index contributed by atoms with van der Waals surface area (Å²) in [4.78, 5) is 0. The molecule has 0 radical (unpaired) electrons. The van der Waals surface area contributed by atoms with E-state index >= 15 is 0 Å². The van der Waals surface area contributed by atoms with E-state index in [1.165, 1.54) is 0 Å². The van der Waals surface area contributed by atoms with E-state index in [4.69, 9.17) is 0 Å². The largest absolute Gasteiger partial charge is 0.392 e. The van der Waals surface area contributed by atoms with Crippen molar-refractivity contribution in [3.8, 4) is 0 Å². The highest BCUT2D eigenvalue weighted by molar-refractivity contribution is 4.82. The maximum absolute atomic E-state index is 9.32. The first-order valence-corrected chi connectivity index (χ1v) is 3.40. The summed E-state index contributed by atoms with van der Waals surface area (Å²) >= 11 is 0. The Morgan fingerprint density at radius 1 is 1.33 bits per heavy atom. The lowest BCUT2D eigenvalue weighted by atomic mass is 9.95. The third kappa shape index (κ3) is 2.66. The van der Waals surface area contributed by atoms with Gasteiger partial charge in [-0.3, -0.25) is 0 Å². The van der Waals surface area contributed by atoms with Gasteiger partial charge in [-0.2, -0.15) is 0 Å². The van der Waals surface area contributed by atoms with E-state index in [0.717, 1.165) is 0 Å². The van der Waals surface area contributed by atoms with Crippen LogP contribution < -0.4 is 0 Å².